The Balaban J connectivity index is 1.34. The van der Waals surface area contributed by atoms with Gasteiger partial charge in [-0.05, 0) is 24.6 Å². The van der Waals surface area contributed by atoms with Crippen molar-refractivity contribution in [1.82, 2.24) is 29.9 Å². The van der Waals surface area contributed by atoms with Gasteiger partial charge in [-0.2, -0.15) is 10.2 Å². The molecule has 24 heavy (non-hydrogen) atoms. The molecule has 0 unspecified atom stereocenters. The van der Waals surface area contributed by atoms with Gasteiger partial charge in [0.2, 0.25) is 0 Å². The van der Waals surface area contributed by atoms with Crippen molar-refractivity contribution in [2.45, 2.75) is 19.5 Å². The van der Waals surface area contributed by atoms with Crippen LogP contribution in [0, 0.1) is 5.92 Å². The summed E-state index contributed by atoms with van der Waals surface area (Å²) in [6, 6.07) is 10.7. The molecule has 0 saturated carbocycles. The fraction of sp³-hybridized carbons (Fsp3) is 0.353. The first kappa shape index (κ1) is 14.9. The van der Waals surface area contributed by atoms with E-state index in [1.807, 2.05) is 16.9 Å². The Kier molecular flexibility index (Phi) is 4.00. The highest BCUT2D eigenvalue weighted by Gasteiger charge is 2.18. The van der Waals surface area contributed by atoms with Crippen LogP contribution in [0.15, 0.2) is 49.2 Å². The molecule has 1 aromatic carbocycles. The van der Waals surface area contributed by atoms with Crippen molar-refractivity contribution in [1.29, 1.82) is 0 Å². The monoisotopic (exact) mass is 323 g/mol. The second kappa shape index (κ2) is 6.45. The van der Waals surface area contributed by atoms with Gasteiger partial charge in [-0.1, -0.05) is 12.1 Å². The highest BCUT2D eigenvalue weighted by atomic mass is 15.3. The van der Waals surface area contributed by atoms with E-state index in [-0.39, 0.29) is 0 Å². The highest BCUT2D eigenvalue weighted by molar-refractivity contribution is 5.36. The molecule has 0 saturated heterocycles. The predicted octanol–water partition coefficient (Wildman–Crippen LogP) is 1.86. The minimum absolute atomic E-state index is 0.300. The molecule has 0 radical (unpaired) electrons. The SMILES string of the molecule is C[C@@H](NC[C@@H]1CNc2ccnn2C1)c1ccc(-n2cncn2)cc1. The first-order chi connectivity index (χ1) is 11.8. The molecule has 0 bridgehead atoms. The Morgan fingerprint density at radius 2 is 2.12 bits per heavy atom. The van der Waals surface area contributed by atoms with E-state index in [1.165, 1.54) is 5.56 Å². The molecule has 7 heteroatoms. The van der Waals surface area contributed by atoms with Crippen LogP contribution in [0.25, 0.3) is 5.69 Å². The minimum atomic E-state index is 0.300. The minimum Gasteiger partial charge on any atom is -0.370 e. The summed E-state index contributed by atoms with van der Waals surface area (Å²) in [5, 5.41) is 15.5. The molecule has 0 fully saturated rings. The summed E-state index contributed by atoms with van der Waals surface area (Å²) in [6.07, 6.45) is 5.09. The summed E-state index contributed by atoms with van der Waals surface area (Å²) < 4.78 is 3.80. The fourth-order valence-corrected chi connectivity index (χ4v) is 3.04. The molecule has 1 aliphatic rings. The van der Waals surface area contributed by atoms with Crippen LogP contribution in [0.2, 0.25) is 0 Å². The Bertz CT molecular complexity index is 776. The molecule has 0 spiro atoms. The lowest BCUT2D eigenvalue weighted by atomic mass is 10.1. The maximum absolute atomic E-state index is 4.34. The smallest absolute Gasteiger partial charge is 0.138 e. The second-order valence-electron chi connectivity index (χ2n) is 6.21. The summed E-state index contributed by atoms with van der Waals surface area (Å²) in [5.74, 6) is 1.65. The number of fused-ring (bicyclic) bond motifs is 1. The van der Waals surface area contributed by atoms with Crippen molar-refractivity contribution in [2.24, 2.45) is 5.92 Å². The molecular formula is C17H21N7. The molecule has 7 nitrogen and oxygen atoms in total. The van der Waals surface area contributed by atoms with Gasteiger partial charge in [0.25, 0.3) is 0 Å². The van der Waals surface area contributed by atoms with Gasteiger partial charge in [0.05, 0.1) is 11.9 Å². The van der Waals surface area contributed by atoms with Crippen molar-refractivity contribution in [3.63, 3.8) is 0 Å². The first-order valence-corrected chi connectivity index (χ1v) is 8.23. The zero-order valence-electron chi connectivity index (χ0n) is 13.6. The maximum Gasteiger partial charge on any atom is 0.138 e. The van der Waals surface area contributed by atoms with Crippen LogP contribution in [0.5, 0.6) is 0 Å². The molecular weight excluding hydrogens is 302 g/mol. The van der Waals surface area contributed by atoms with E-state index < -0.39 is 0 Å². The lowest BCUT2D eigenvalue weighted by Crippen LogP contribution is -2.36. The number of benzene rings is 1. The van der Waals surface area contributed by atoms with Gasteiger partial charge in [0.15, 0.2) is 0 Å². The quantitative estimate of drug-likeness (QED) is 0.750. The van der Waals surface area contributed by atoms with Crippen LogP contribution in [-0.4, -0.2) is 37.6 Å². The molecule has 2 atom stereocenters. The fourth-order valence-electron chi connectivity index (χ4n) is 3.04. The average Bonchev–Trinajstić information content (AvgIpc) is 3.31. The Morgan fingerprint density at radius 1 is 1.25 bits per heavy atom. The van der Waals surface area contributed by atoms with E-state index in [9.17, 15) is 0 Å². The molecule has 1 aliphatic heterocycles. The summed E-state index contributed by atoms with van der Waals surface area (Å²) in [5.41, 5.74) is 2.29. The summed E-state index contributed by atoms with van der Waals surface area (Å²) >= 11 is 0. The van der Waals surface area contributed by atoms with Crippen molar-refractivity contribution < 1.29 is 0 Å². The number of anilines is 1. The summed E-state index contributed by atoms with van der Waals surface area (Å²) in [6.45, 7) is 5.09. The lowest BCUT2D eigenvalue weighted by Gasteiger charge is -2.26. The van der Waals surface area contributed by atoms with Crippen molar-refractivity contribution >= 4 is 5.82 Å². The number of nitrogens with one attached hydrogen (secondary N) is 2. The number of aromatic nitrogens is 5. The number of hydrogen-bond acceptors (Lipinski definition) is 5. The van der Waals surface area contributed by atoms with Gasteiger partial charge in [-0.3, -0.25) is 0 Å². The molecule has 0 aliphatic carbocycles. The van der Waals surface area contributed by atoms with Crippen LogP contribution in [0.3, 0.4) is 0 Å². The van der Waals surface area contributed by atoms with Gasteiger partial charge in [0.1, 0.15) is 18.5 Å². The van der Waals surface area contributed by atoms with Gasteiger partial charge < -0.3 is 10.6 Å². The van der Waals surface area contributed by atoms with Gasteiger partial charge in [-0.15, -0.1) is 0 Å². The van der Waals surface area contributed by atoms with Gasteiger partial charge in [0, 0.05) is 37.7 Å². The van der Waals surface area contributed by atoms with Crippen LogP contribution in [0.1, 0.15) is 18.5 Å². The third-order valence-corrected chi connectivity index (χ3v) is 4.51. The zero-order chi connectivity index (χ0) is 16.4. The Labute approximate surface area is 140 Å². The predicted molar refractivity (Wildman–Crippen MR) is 92.0 cm³/mol. The zero-order valence-corrected chi connectivity index (χ0v) is 13.6. The molecule has 4 rings (SSSR count). The molecule has 2 aromatic heterocycles. The lowest BCUT2D eigenvalue weighted by molar-refractivity contribution is 0.376. The molecule has 3 aromatic rings. The second-order valence-corrected chi connectivity index (χ2v) is 6.21. The van der Waals surface area contributed by atoms with Crippen molar-refractivity contribution in [3.8, 4) is 5.69 Å². The molecule has 2 N–H and O–H groups in total. The van der Waals surface area contributed by atoms with Crippen LogP contribution in [-0.2, 0) is 6.54 Å². The van der Waals surface area contributed by atoms with Crippen molar-refractivity contribution in [3.05, 3.63) is 54.7 Å². The van der Waals surface area contributed by atoms with E-state index in [2.05, 4.69) is 57.0 Å². The van der Waals surface area contributed by atoms with E-state index >= 15 is 0 Å². The molecule has 3 heterocycles. The van der Waals surface area contributed by atoms with E-state index in [0.29, 0.717) is 12.0 Å². The standard InChI is InChI=1S/C17H21N7/c1-13(15-2-4-16(5-3-15)24-12-18-11-22-24)19-8-14-9-20-17-6-7-21-23(17)10-14/h2-7,11-14,19-20H,8-10H2,1H3/t13-,14-/m1/s1. The summed E-state index contributed by atoms with van der Waals surface area (Å²) in [4.78, 5) is 3.98. The largest absolute Gasteiger partial charge is 0.370 e. The van der Waals surface area contributed by atoms with Crippen LogP contribution in [0.4, 0.5) is 5.82 Å². The number of rotatable bonds is 5. The average molecular weight is 323 g/mol. The van der Waals surface area contributed by atoms with Crippen molar-refractivity contribution in [2.75, 3.05) is 18.4 Å². The highest BCUT2D eigenvalue weighted by Crippen LogP contribution is 2.18. The number of hydrogen-bond donors (Lipinski definition) is 2. The van der Waals surface area contributed by atoms with E-state index in [0.717, 1.165) is 31.1 Å². The number of nitrogens with zero attached hydrogens (tertiary/aromatic N) is 5. The van der Waals surface area contributed by atoms with Crippen LogP contribution >= 0.6 is 0 Å². The molecule has 0 amide bonds. The van der Waals surface area contributed by atoms with E-state index in [1.54, 1.807) is 17.3 Å². The maximum atomic E-state index is 4.34. The Morgan fingerprint density at radius 3 is 2.92 bits per heavy atom. The van der Waals surface area contributed by atoms with E-state index in [4.69, 9.17) is 0 Å². The third kappa shape index (κ3) is 3.03. The van der Waals surface area contributed by atoms with Gasteiger partial charge >= 0.3 is 0 Å². The topological polar surface area (TPSA) is 72.6 Å². The van der Waals surface area contributed by atoms with Crippen LogP contribution < -0.4 is 10.6 Å². The van der Waals surface area contributed by atoms with Gasteiger partial charge in [-0.25, -0.2) is 14.3 Å². The molecule has 124 valence electrons. The normalized spacial score (nSPS) is 18.0. The first-order valence-electron chi connectivity index (χ1n) is 8.23. The third-order valence-electron chi connectivity index (χ3n) is 4.51. The Hall–Kier alpha value is -2.67. The summed E-state index contributed by atoms with van der Waals surface area (Å²) in [7, 11) is 0.